The van der Waals surface area contributed by atoms with Crippen molar-refractivity contribution in [2.24, 2.45) is 0 Å². The predicted octanol–water partition coefficient (Wildman–Crippen LogP) is 3.53. The molecule has 0 aliphatic carbocycles. The number of pyridine rings is 1. The molecule has 4 aromatic rings. The number of nitrogens with two attached hydrogens (primary N) is 1. The first-order valence-corrected chi connectivity index (χ1v) is 12.0. The summed E-state index contributed by atoms with van der Waals surface area (Å²) in [5.41, 5.74) is 8.99. The lowest BCUT2D eigenvalue weighted by Crippen LogP contribution is -2.21. The molecule has 0 spiro atoms. The van der Waals surface area contributed by atoms with Crippen molar-refractivity contribution >= 4 is 27.3 Å². The Morgan fingerprint density at radius 3 is 2.38 bits per heavy atom. The van der Waals surface area contributed by atoms with E-state index in [1.807, 2.05) is 6.92 Å². The molecule has 3 heterocycles. The van der Waals surface area contributed by atoms with Gasteiger partial charge in [-0.15, -0.1) is 0 Å². The number of anilines is 1. The number of benzene rings is 1. The van der Waals surface area contributed by atoms with E-state index in [2.05, 4.69) is 15.0 Å². The molecule has 10 nitrogen and oxygen atoms in total. The van der Waals surface area contributed by atoms with Crippen LogP contribution in [0.3, 0.4) is 0 Å². The van der Waals surface area contributed by atoms with Crippen LogP contribution in [0.2, 0.25) is 0 Å². The topological polar surface area (TPSA) is 150 Å². The third-order valence-electron chi connectivity index (χ3n) is 5.00. The first kappa shape index (κ1) is 27.3. The summed E-state index contributed by atoms with van der Waals surface area (Å²) in [5.74, 6) is -3.47. The number of alkyl halides is 3. The quantitative estimate of drug-likeness (QED) is 0.370. The first-order valence-electron chi connectivity index (χ1n) is 10.1. The largest absolute Gasteiger partial charge is 0.490 e. The lowest BCUT2D eigenvalue weighted by molar-refractivity contribution is -0.192. The van der Waals surface area contributed by atoms with Crippen LogP contribution in [-0.4, -0.2) is 58.4 Å². The molecule has 15 heteroatoms. The van der Waals surface area contributed by atoms with Gasteiger partial charge in [0.15, 0.2) is 27.1 Å². The normalized spacial score (nSPS) is 11.6. The van der Waals surface area contributed by atoms with Gasteiger partial charge in [0.05, 0.1) is 29.6 Å². The van der Waals surface area contributed by atoms with E-state index in [4.69, 9.17) is 20.4 Å². The third kappa shape index (κ3) is 5.77. The Morgan fingerprint density at radius 2 is 1.81 bits per heavy atom. The van der Waals surface area contributed by atoms with Crippen molar-refractivity contribution in [3.05, 3.63) is 54.2 Å². The fourth-order valence-electron chi connectivity index (χ4n) is 3.21. The number of carboxylic acid groups (broad SMARTS) is 1. The van der Waals surface area contributed by atoms with Gasteiger partial charge in [-0.1, -0.05) is 6.07 Å². The standard InChI is InChI=1S/C20H18FN5O3S.C2HF3O2/c1-11-4-5-12(30(3,27)28)8-14(11)16-9-24-19-18(22)25-15(10-26(16)19)13-6-7-23-20(29-2)17(13)21;3-2(4,5)1(6)7/h4-10H,1-3H3,(H2,22,25);(H,6,7). The number of carbonyl (C=O) groups is 1. The maximum absolute atomic E-state index is 14.7. The second-order valence-electron chi connectivity index (χ2n) is 7.58. The van der Waals surface area contributed by atoms with Crippen molar-refractivity contribution in [2.75, 3.05) is 19.1 Å². The van der Waals surface area contributed by atoms with E-state index in [0.29, 0.717) is 16.9 Å². The number of hydrogen-bond donors (Lipinski definition) is 2. The summed E-state index contributed by atoms with van der Waals surface area (Å²) < 4.78 is 77.1. The summed E-state index contributed by atoms with van der Waals surface area (Å²) >= 11 is 0. The number of nitrogens with zero attached hydrogens (tertiary/aromatic N) is 4. The van der Waals surface area contributed by atoms with E-state index in [9.17, 15) is 26.0 Å². The number of fused-ring (bicyclic) bond motifs is 1. The summed E-state index contributed by atoms with van der Waals surface area (Å²) in [6, 6.07) is 6.33. The van der Waals surface area contributed by atoms with Crippen molar-refractivity contribution in [1.82, 2.24) is 19.4 Å². The van der Waals surface area contributed by atoms with Gasteiger partial charge in [0.1, 0.15) is 0 Å². The van der Waals surface area contributed by atoms with Crippen LogP contribution in [0, 0.1) is 12.7 Å². The number of aryl methyl sites for hydroxylation is 1. The van der Waals surface area contributed by atoms with Gasteiger partial charge in [0, 0.05) is 29.8 Å². The monoisotopic (exact) mass is 541 g/mol. The third-order valence-corrected chi connectivity index (χ3v) is 6.11. The fraction of sp³-hybridized carbons (Fsp3) is 0.182. The van der Waals surface area contributed by atoms with Crippen LogP contribution in [0.4, 0.5) is 23.4 Å². The molecule has 0 unspecified atom stereocenters. The lowest BCUT2D eigenvalue weighted by Gasteiger charge is -2.11. The Balaban J connectivity index is 0.000000479. The molecule has 0 aliphatic rings. The molecule has 196 valence electrons. The molecule has 0 saturated heterocycles. The zero-order valence-electron chi connectivity index (χ0n) is 19.4. The molecule has 4 rings (SSSR count). The minimum atomic E-state index is -5.08. The minimum absolute atomic E-state index is 0.103. The molecule has 1 aromatic carbocycles. The summed E-state index contributed by atoms with van der Waals surface area (Å²) in [5, 5.41) is 7.12. The number of imidazole rings is 1. The number of nitrogen functional groups attached to an aromatic ring is 1. The Hall–Kier alpha value is -4.27. The number of carboxylic acids is 1. The Labute approximate surface area is 207 Å². The zero-order chi connectivity index (χ0) is 27.7. The van der Waals surface area contributed by atoms with Crippen LogP contribution >= 0.6 is 0 Å². The fourth-order valence-corrected chi connectivity index (χ4v) is 3.86. The van der Waals surface area contributed by atoms with Gasteiger partial charge in [-0.3, -0.25) is 4.40 Å². The van der Waals surface area contributed by atoms with Crippen LogP contribution in [0.5, 0.6) is 5.88 Å². The summed E-state index contributed by atoms with van der Waals surface area (Å²) in [6.07, 6.45) is 0.650. The average molecular weight is 541 g/mol. The molecule has 0 fully saturated rings. The predicted molar refractivity (Wildman–Crippen MR) is 124 cm³/mol. The van der Waals surface area contributed by atoms with Gasteiger partial charge in [-0.05, 0) is 30.7 Å². The SMILES string of the molecule is COc1nccc(-c2cn3c(-c4cc(S(C)(=O)=O)ccc4C)cnc3c(N)n2)c1F.O=C(O)C(F)(F)F. The number of aliphatic carboxylic acids is 1. The van der Waals surface area contributed by atoms with Crippen molar-refractivity contribution in [3.8, 4) is 28.4 Å². The number of methoxy groups -OCH3 is 1. The molecule has 37 heavy (non-hydrogen) atoms. The molecule has 3 N–H and O–H groups in total. The highest BCUT2D eigenvalue weighted by atomic mass is 32.2. The molecular weight excluding hydrogens is 522 g/mol. The highest BCUT2D eigenvalue weighted by molar-refractivity contribution is 7.90. The molecule has 3 aromatic heterocycles. The first-order chi connectivity index (χ1) is 17.1. The van der Waals surface area contributed by atoms with E-state index in [0.717, 1.165) is 11.8 Å². The Kier molecular flexibility index (Phi) is 7.39. The molecule has 0 amide bonds. The van der Waals surface area contributed by atoms with E-state index < -0.39 is 27.8 Å². The Bertz CT molecular complexity index is 1600. The molecule has 0 aliphatic heterocycles. The second-order valence-corrected chi connectivity index (χ2v) is 9.60. The van der Waals surface area contributed by atoms with Crippen LogP contribution in [-0.2, 0) is 14.6 Å². The highest BCUT2D eigenvalue weighted by Gasteiger charge is 2.38. The molecule has 0 bridgehead atoms. The summed E-state index contributed by atoms with van der Waals surface area (Å²) in [4.78, 5) is 21.5. The van der Waals surface area contributed by atoms with Crippen LogP contribution < -0.4 is 10.5 Å². The van der Waals surface area contributed by atoms with Gasteiger partial charge < -0.3 is 15.6 Å². The smallest absolute Gasteiger partial charge is 0.479 e. The molecule has 0 atom stereocenters. The second kappa shape index (κ2) is 10.0. The van der Waals surface area contributed by atoms with Gasteiger partial charge in [0.25, 0.3) is 5.88 Å². The lowest BCUT2D eigenvalue weighted by atomic mass is 10.1. The van der Waals surface area contributed by atoms with E-state index in [1.165, 1.54) is 19.4 Å². The van der Waals surface area contributed by atoms with Crippen molar-refractivity contribution in [1.29, 1.82) is 0 Å². The molecular formula is C22H19F4N5O5S. The minimum Gasteiger partial charge on any atom is -0.479 e. The van der Waals surface area contributed by atoms with E-state index >= 15 is 0 Å². The van der Waals surface area contributed by atoms with Crippen molar-refractivity contribution < 1.29 is 40.6 Å². The van der Waals surface area contributed by atoms with E-state index in [1.54, 1.807) is 35.0 Å². The van der Waals surface area contributed by atoms with Crippen LogP contribution in [0.25, 0.3) is 28.2 Å². The van der Waals surface area contributed by atoms with Crippen molar-refractivity contribution in [2.45, 2.75) is 18.0 Å². The number of aromatic nitrogens is 4. The summed E-state index contributed by atoms with van der Waals surface area (Å²) in [7, 11) is -2.07. The van der Waals surface area contributed by atoms with Gasteiger partial charge in [0.2, 0.25) is 0 Å². The average Bonchev–Trinajstić information content (AvgIpc) is 3.23. The zero-order valence-corrected chi connectivity index (χ0v) is 20.2. The number of rotatable bonds is 4. The van der Waals surface area contributed by atoms with Gasteiger partial charge in [-0.2, -0.15) is 13.2 Å². The van der Waals surface area contributed by atoms with Crippen LogP contribution in [0.1, 0.15) is 5.56 Å². The van der Waals surface area contributed by atoms with Crippen molar-refractivity contribution in [3.63, 3.8) is 0 Å². The number of sulfone groups is 1. The molecule has 0 saturated carbocycles. The maximum atomic E-state index is 14.7. The number of ether oxygens (including phenoxy) is 1. The van der Waals surface area contributed by atoms with Gasteiger partial charge >= 0.3 is 12.1 Å². The number of hydrogen-bond acceptors (Lipinski definition) is 8. The highest BCUT2D eigenvalue weighted by Crippen LogP contribution is 2.31. The number of halogens is 4. The Morgan fingerprint density at radius 1 is 1.16 bits per heavy atom. The van der Waals surface area contributed by atoms with Crippen LogP contribution in [0.15, 0.2) is 47.8 Å². The summed E-state index contributed by atoms with van der Waals surface area (Å²) in [6.45, 7) is 1.86. The molecule has 0 radical (unpaired) electrons. The van der Waals surface area contributed by atoms with E-state index in [-0.39, 0.29) is 27.9 Å². The maximum Gasteiger partial charge on any atom is 0.490 e. The van der Waals surface area contributed by atoms with Gasteiger partial charge in [-0.25, -0.2) is 32.6 Å².